The maximum Gasteiger partial charge on any atom is 0.288 e. The molecule has 2 unspecified atom stereocenters. The molecule has 1 aliphatic carbocycles. The summed E-state index contributed by atoms with van der Waals surface area (Å²) in [5.41, 5.74) is -0.187. The van der Waals surface area contributed by atoms with E-state index in [0.29, 0.717) is 5.92 Å². The van der Waals surface area contributed by atoms with Gasteiger partial charge in [0, 0.05) is 12.1 Å². The Morgan fingerprint density at radius 2 is 2.42 bits per heavy atom. The number of pyridine rings is 1. The Balaban J connectivity index is 2.07. The van der Waals surface area contributed by atoms with Crippen molar-refractivity contribution >= 4 is 23.2 Å². The van der Waals surface area contributed by atoms with Gasteiger partial charge in [-0.1, -0.05) is 24.9 Å². The number of nitrogens with one attached hydrogen (secondary N) is 1. The van der Waals surface area contributed by atoms with Crippen LogP contribution >= 0.6 is 11.6 Å². The van der Waals surface area contributed by atoms with Gasteiger partial charge >= 0.3 is 0 Å². The largest absolute Gasteiger partial charge is 0.349 e. The number of carbonyl (C=O) groups is 1. The molecule has 0 saturated heterocycles. The highest BCUT2D eigenvalue weighted by atomic mass is 35.5. The van der Waals surface area contributed by atoms with Gasteiger partial charge in [-0.2, -0.15) is 0 Å². The van der Waals surface area contributed by atoms with Crippen molar-refractivity contribution in [2.24, 2.45) is 5.92 Å². The molecule has 0 radical (unpaired) electrons. The second-order valence-corrected chi connectivity index (χ2v) is 5.01. The summed E-state index contributed by atoms with van der Waals surface area (Å²) < 4.78 is 0. The molecule has 2 atom stereocenters. The van der Waals surface area contributed by atoms with E-state index >= 15 is 0 Å². The van der Waals surface area contributed by atoms with Crippen LogP contribution in [0.4, 0.5) is 5.69 Å². The summed E-state index contributed by atoms with van der Waals surface area (Å²) in [5, 5.41) is 13.5. The van der Waals surface area contributed by atoms with Crippen LogP contribution in [0.5, 0.6) is 0 Å². The highest BCUT2D eigenvalue weighted by molar-refractivity contribution is 6.32. The van der Waals surface area contributed by atoms with Crippen molar-refractivity contribution in [1.29, 1.82) is 0 Å². The molecular formula is C12H14ClN3O3. The Morgan fingerprint density at radius 1 is 1.68 bits per heavy atom. The summed E-state index contributed by atoms with van der Waals surface area (Å²) in [6, 6.07) is 1.31. The van der Waals surface area contributed by atoms with Gasteiger partial charge in [0.05, 0.1) is 10.5 Å². The molecule has 19 heavy (non-hydrogen) atoms. The van der Waals surface area contributed by atoms with Crippen LogP contribution in [0.25, 0.3) is 0 Å². The van der Waals surface area contributed by atoms with E-state index in [1.54, 1.807) is 0 Å². The van der Waals surface area contributed by atoms with Gasteiger partial charge in [-0.3, -0.25) is 14.9 Å². The fraction of sp³-hybridized carbons (Fsp3) is 0.500. The number of halogens is 1. The average Bonchev–Trinajstić information content (AvgIpc) is 3.07. The van der Waals surface area contributed by atoms with Crippen molar-refractivity contribution in [2.75, 3.05) is 0 Å². The molecule has 1 N–H and O–H groups in total. The number of rotatable bonds is 5. The van der Waals surface area contributed by atoms with Gasteiger partial charge < -0.3 is 5.32 Å². The highest BCUT2D eigenvalue weighted by Crippen LogP contribution is 2.35. The fourth-order valence-electron chi connectivity index (χ4n) is 2.06. The lowest BCUT2D eigenvalue weighted by molar-refractivity contribution is -0.385. The predicted octanol–water partition coefficient (Wildman–Crippen LogP) is 2.56. The van der Waals surface area contributed by atoms with Gasteiger partial charge in [-0.05, 0) is 18.8 Å². The Bertz CT molecular complexity index is 521. The average molecular weight is 284 g/mol. The Labute approximate surface area is 115 Å². The van der Waals surface area contributed by atoms with Gasteiger partial charge in [-0.25, -0.2) is 4.98 Å². The van der Waals surface area contributed by atoms with Crippen LogP contribution < -0.4 is 5.32 Å². The standard InChI is InChI=1S/C12H14ClN3O3/c1-2-3-7-4-10(7)15-12(17)9-5-8(16(18)19)6-14-11(9)13/h5-7,10H,2-4H2,1H3,(H,15,17). The zero-order valence-corrected chi connectivity index (χ0v) is 11.2. The predicted molar refractivity (Wildman–Crippen MR) is 70.2 cm³/mol. The van der Waals surface area contributed by atoms with Crippen molar-refractivity contribution in [3.05, 3.63) is 33.1 Å². The molecule has 7 heteroatoms. The quantitative estimate of drug-likeness (QED) is 0.511. The molecule has 0 bridgehead atoms. The molecule has 0 spiro atoms. The van der Waals surface area contributed by atoms with Gasteiger partial charge in [0.1, 0.15) is 11.3 Å². The summed E-state index contributed by atoms with van der Waals surface area (Å²) in [4.78, 5) is 25.7. The summed E-state index contributed by atoms with van der Waals surface area (Å²) in [6.07, 6.45) is 4.15. The monoisotopic (exact) mass is 283 g/mol. The minimum Gasteiger partial charge on any atom is -0.349 e. The van der Waals surface area contributed by atoms with Crippen LogP contribution in [0.15, 0.2) is 12.3 Å². The first-order valence-electron chi connectivity index (χ1n) is 6.13. The van der Waals surface area contributed by atoms with Crippen molar-refractivity contribution in [1.82, 2.24) is 10.3 Å². The summed E-state index contributed by atoms with van der Waals surface area (Å²) in [5.74, 6) is 0.115. The van der Waals surface area contributed by atoms with Gasteiger partial charge in [0.15, 0.2) is 0 Å². The molecule has 1 aliphatic rings. The minimum atomic E-state index is -0.600. The van der Waals surface area contributed by atoms with Crippen LogP contribution in [0, 0.1) is 16.0 Å². The van der Waals surface area contributed by atoms with Crippen LogP contribution in [-0.4, -0.2) is 21.9 Å². The number of hydrogen-bond acceptors (Lipinski definition) is 4. The first kappa shape index (κ1) is 13.7. The normalized spacial score (nSPS) is 20.9. The van der Waals surface area contributed by atoms with E-state index < -0.39 is 10.8 Å². The second kappa shape index (κ2) is 5.52. The van der Waals surface area contributed by atoms with Crippen molar-refractivity contribution in [2.45, 2.75) is 32.2 Å². The number of nitro groups is 1. The third-order valence-corrected chi connectivity index (χ3v) is 3.48. The lowest BCUT2D eigenvalue weighted by Gasteiger charge is -2.05. The number of carbonyl (C=O) groups excluding carboxylic acids is 1. The lowest BCUT2D eigenvalue weighted by atomic mass is 10.2. The number of hydrogen-bond donors (Lipinski definition) is 1. The molecule has 1 aromatic rings. The Morgan fingerprint density at radius 3 is 3.05 bits per heavy atom. The van der Waals surface area contributed by atoms with E-state index in [-0.39, 0.29) is 22.4 Å². The molecule has 1 aromatic heterocycles. The molecule has 6 nitrogen and oxygen atoms in total. The molecule has 0 aliphatic heterocycles. The number of nitrogens with zero attached hydrogens (tertiary/aromatic N) is 2. The molecule has 1 saturated carbocycles. The molecule has 0 aromatic carbocycles. The summed E-state index contributed by atoms with van der Waals surface area (Å²) in [6.45, 7) is 2.10. The maximum atomic E-state index is 12.0. The van der Waals surface area contributed by atoms with E-state index in [9.17, 15) is 14.9 Å². The second-order valence-electron chi connectivity index (χ2n) is 4.65. The molecule has 102 valence electrons. The van der Waals surface area contributed by atoms with E-state index in [2.05, 4.69) is 17.2 Å². The van der Waals surface area contributed by atoms with Crippen LogP contribution in [0.1, 0.15) is 36.5 Å². The third-order valence-electron chi connectivity index (χ3n) is 3.18. The zero-order valence-electron chi connectivity index (χ0n) is 10.4. The van der Waals surface area contributed by atoms with E-state index in [1.807, 2.05) is 0 Å². The zero-order chi connectivity index (χ0) is 14.0. The topological polar surface area (TPSA) is 85.1 Å². The molecule has 2 rings (SSSR count). The van der Waals surface area contributed by atoms with Crippen molar-refractivity contribution < 1.29 is 9.72 Å². The number of amides is 1. The molecule has 1 amide bonds. The maximum absolute atomic E-state index is 12.0. The van der Waals surface area contributed by atoms with Crippen LogP contribution in [0.3, 0.4) is 0 Å². The molecule has 1 fully saturated rings. The Hall–Kier alpha value is -1.69. The van der Waals surface area contributed by atoms with Crippen molar-refractivity contribution in [3.63, 3.8) is 0 Å². The van der Waals surface area contributed by atoms with Gasteiger partial charge in [0.25, 0.3) is 11.6 Å². The van der Waals surface area contributed by atoms with Crippen molar-refractivity contribution in [3.8, 4) is 0 Å². The SMILES string of the molecule is CCCC1CC1NC(=O)c1cc([N+](=O)[O-])cnc1Cl. The van der Waals surface area contributed by atoms with E-state index in [1.165, 1.54) is 0 Å². The van der Waals surface area contributed by atoms with Gasteiger partial charge in [0.2, 0.25) is 0 Å². The molecular weight excluding hydrogens is 270 g/mol. The summed E-state index contributed by atoms with van der Waals surface area (Å²) in [7, 11) is 0. The first-order valence-corrected chi connectivity index (χ1v) is 6.51. The molecule has 1 heterocycles. The Kier molecular flexibility index (Phi) is 3.99. The summed E-state index contributed by atoms with van der Waals surface area (Å²) >= 11 is 5.80. The minimum absolute atomic E-state index is 0.0178. The first-order chi connectivity index (χ1) is 9.02. The highest BCUT2D eigenvalue weighted by Gasteiger charge is 2.37. The van der Waals surface area contributed by atoms with Crippen LogP contribution in [0.2, 0.25) is 5.15 Å². The van der Waals surface area contributed by atoms with E-state index in [0.717, 1.165) is 31.5 Å². The van der Waals surface area contributed by atoms with Crippen LogP contribution in [-0.2, 0) is 0 Å². The fourth-order valence-corrected chi connectivity index (χ4v) is 2.25. The van der Waals surface area contributed by atoms with Gasteiger partial charge in [-0.15, -0.1) is 0 Å². The van der Waals surface area contributed by atoms with E-state index in [4.69, 9.17) is 11.6 Å². The number of aromatic nitrogens is 1. The smallest absolute Gasteiger partial charge is 0.288 e. The third kappa shape index (κ3) is 3.20. The lowest BCUT2D eigenvalue weighted by Crippen LogP contribution is -2.27.